The number of benzene rings is 1. The van der Waals surface area contributed by atoms with Crippen molar-refractivity contribution in [2.75, 3.05) is 0 Å². The van der Waals surface area contributed by atoms with Crippen LogP contribution in [0.1, 0.15) is 11.3 Å². The lowest BCUT2D eigenvalue weighted by Crippen LogP contribution is -2.15. The van der Waals surface area contributed by atoms with Gasteiger partial charge >= 0.3 is 0 Å². The van der Waals surface area contributed by atoms with E-state index in [2.05, 4.69) is 21.0 Å². The van der Waals surface area contributed by atoms with Crippen LogP contribution in [0.2, 0.25) is 5.02 Å². The van der Waals surface area contributed by atoms with E-state index in [9.17, 15) is 0 Å². The molecule has 0 bridgehead atoms. The van der Waals surface area contributed by atoms with Crippen molar-refractivity contribution in [3.63, 3.8) is 0 Å². The van der Waals surface area contributed by atoms with Crippen LogP contribution in [0.15, 0.2) is 28.9 Å². The molecule has 0 aliphatic heterocycles. The molecule has 0 aliphatic rings. The van der Waals surface area contributed by atoms with E-state index in [1.165, 1.54) is 0 Å². The number of hydrogen-bond acceptors (Lipinski definition) is 2. The molecule has 0 amide bonds. The topological polar surface area (TPSA) is 67.7 Å². The van der Waals surface area contributed by atoms with Crippen molar-refractivity contribution in [3.8, 4) is 5.69 Å². The van der Waals surface area contributed by atoms with Gasteiger partial charge in [0.05, 0.1) is 22.0 Å². The van der Waals surface area contributed by atoms with Gasteiger partial charge in [0.1, 0.15) is 5.84 Å². The summed E-state index contributed by atoms with van der Waals surface area (Å²) in [4.78, 5) is 0. The molecule has 88 valence electrons. The largest absolute Gasteiger partial charge is 0.384 e. The minimum absolute atomic E-state index is 0.0169. The van der Waals surface area contributed by atoms with Crippen molar-refractivity contribution in [3.05, 3.63) is 45.1 Å². The van der Waals surface area contributed by atoms with Crippen molar-refractivity contribution in [1.29, 1.82) is 5.41 Å². The molecule has 0 saturated carbocycles. The average Bonchev–Trinajstić information content (AvgIpc) is 2.58. The van der Waals surface area contributed by atoms with Crippen LogP contribution >= 0.6 is 27.5 Å². The van der Waals surface area contributed by atoms with Gasteiger partial charge in [-0.25, -0.2) is 4.68 Å². The molecule has 0 fully saturated rings. The van der Waals surface area contributed by atoms with Crippen LogP contribution in [0, 0.1) is 12.3 Å². The molecule has 1 aromatic carbocycles. The molecule has 1 aromatic heterocycles. The first-order valence-electron chi connectivity index (χ1n) is 4.85. The smallest absolute Gasteiger partial charge is 0.126 e. The Morgan fingerprint density at radius 3 is 2.76 bits per heavy atom. The summed E-state index contributed by atoms with van der Waals surface area (Å²) in [5.41, 5.74) is 7.64. The van der Waals surface area contributed by atoms with Gasteiger partial charge in [0.25, 0.3) is 0 Å². The zero-order valence-corrected chi connectivity index (χ0v) is 11.4. The molecule has 0 saturated heterocycles. The Morgan fingerprint density at radius 1 is 1.53 bits per heavy atom. The van der Waals surface area contributed by atoms with E-state index in [0.29, 0.717) is 10.6 Å². The second-order valence-electron chi connectivity index (χ2n) is 3.55. The molecule has 4 nitrogen and oxygen atoms in total. The summed E-state index contributed by atoms with van der Waals surface area (Å²) in [6, 6.07) is 5.53. The highest BCUT2D eigenvalue weighted by Crippen LogP contribution is 2.24. The van der Waals surface area contributed by atoms with Crippen LogP contribution in [-0.4, -0.2) is 15.6 Å². The van der Waals surface area contributed by atoms with E-state index >= 15 is 0 Å². The molecule has 6 heteroatoms. The molecule has 17 heavy (non-hydrogen) atoms. The number of hydrogen-bond donors (Lipinski definition) is 2. The summed E-state index contributed by atoms with van der Waals surface area (Å²) in [7, 11) is 0. The molecule has 0 spiro atoms. The molecule has 3 N–H and O–H groups in total. The Kier molecular flexibility index (Phi) is 3.22. The highest BCUT2D eigenvalue weighted by Gasteiger charge is 2.13. The first-order chi connectivity index (χ1) is 8.00. The standard InChI is InChI=1S/C11H10BrClN4/c1-6-8(13)5-17(16-6)9-4-2-3-7(12)10(9)11(14)15/h2-5H,1H3,(H3,14,15). The Morgan fingerprint density at radius 2 is 2.24 bits per heavy atom. The van der Waals surface area contributed by atoms with Crippen molar-refractivity contribution in [2.45, 2.75) is 6.92 Å². The van der Waals surface area contributed by atoms with Crippen LogP contribution in [0.5, 0.6) is 0 Å². The van der Waals surface area contributed by atoms with Gasteiger partial charge in [-0.3, -0.25) is 5.41 Å². The number of aromatic nitrogens is 2. The zero-order chi connectivity index (χ0) is 12.6. The maximum atomic E-state index is 7.60. The van der Waals surface area contributed by atoms with Crippen LogP contribution in [0.25, 0.3) is 5.69 Å². The molecule has 1 heterocycles. The van der Waals surface area contributed by atoms with Crippen LogP contribution < -0.4 is 5.73 Å². The Labute approximate surface area is 112 Å². The Bertz CT molecular complexity index is 572. The summed E-state index contributed by atoms with van der Waals surface area (Å²) >= 11 is 9.35. The van der Waals surface area contributed by atoms with Gasteiger partial charge in [-0.2, -0.15) is 5.10 Å². The second kappa shape index (κ2) is 4.50. The van der Waals surface area contributed by atoms with Crippen molar-refractivity contribution < 1.29 is 0 Å². The number of rotatable bonds is 2. The van der Waals surface area contributed by atoms with Crippen molar-refractivity contribution >= 4 is 33.4 Å². The predicted molar refractivity (Wildman–Crippen MR) is 72.0 cm³/mol. The lowest BCUT2D eigenvalue weighted by molar-refractivity contribution is 0.859. The molecular weight excluding hydrogens is 304 g/mol. The van der Waals surface area contributed by atoms with Gasteiger partial charge < -0.3 is 5.73 Å². The third-order valence-electron chi connectivity index (χ3n) is 2.35. The number of nitrogens with zero attached hydrogens (tertiary/aromatic N) is 2. The first kappa shape index (κ1) is 12.1. The van der Waals surface area contributed by atoms with Gasteiger partial charge in [0.2, 0.25) is 0 Å². The quantitative estimate of drug-likeness (QED) is 0.661. The van der Waals surface area contributed by atoms with Gasteiger partial charge in [-0.05, 0) is 35.0 Å². The maximum absolute atomic E-state index is 7.60. The van der Waals surface area contributed by atoms with Gasteiger partial charge in [-0.1, -0.05) is 17.7 Å². The highest BCUT2D eigenvalue weighted by molar-refractivity contribution is 9.10. The van der Waals surface area contributed by atoms with E-state index in [1.54, 1.807) is 10.9 Å². The fourth-order valence-electron chi connectivity index (χ4n) is 1.53. The molecular formula is C11H10BrClN4. The summed E-state index contributed by atoms with van der Waals surface area (Å²) in [5, 5.41) is 12.5. The molecule has 2 rings (SSSR count). The van der Waals surface area contributed by atoms with E-state index in [0.717, 1.165) is 15.9 Å². The average molecular weight is 314 g/mol. The minimum Gasteiger partial charge on any atom is -0.384 e. The highest BCUT2D eigenvalue weighted by atomic mass is 79.9. The van der Waals surface area contributed by atoms with Crippen LogP contribution in [0.4, 0.5) is 0 Å². The number of aryl methyl sites for hydroxylation is 1. The lowest BCUT2D eigenvalue weighted by Gasteiger charge is -2.09. The minimum atomic E-state index is -0.0169. The van der Waals surface area contributed by atoms with Crippen molar-refractivity contribution in [1.82, 2.24) is 9.78 Å². The summed E-state index contributed by atoms with van der Waals surface area (Å²) in [6.45, 7) is 1.82. The van der Waals surface area contributed by atoms with Gasteiger partial charge in [-0.15, -0.1) is 0 Å². The SMILES string of the molecule is Cc1nn(-c2cccc(Br)c2C(=N)N)cc1Cl. The van der Waals surface area contributed by atoms with Gasteiger partial charge in [0.15, 0.2) is 0 Å². The second-order valence-corrected chi connectivity index (χ2v) is 4.82. The fraction of sp³-hybridized carbons (Fsp3) is 0.0909. The summed E-state index contributed by atoms with van der Waals surface area (Å²) < 4.78 is 2.38. The molecule has 0 atom stereocenters. The van der Waals surface area contributed by atoms with E-state index < -0.39 is 0 Å². The number of nitrogens with one attached hydrogen (secondary N) is 1. The molecule has 0 unspecified atom stereocenters. The molecule has 0 radical (unpaired) electrons. The van der Waals surface area contributed by atoms with Crippen LogP contribution in [-0.2, 0) is 0 Å². The van der Waals surface area contributed by atoms with E-state index in [4.69, 9.17) is 22.7 Å². The summed E-state index contributed by atoms with van der Waals surface area (Å²) in [5.74, 6) is -0.0169. The Balaban J connectivity index is 2.67. The number of nitrogen functional groups attached to an aromatic ring is 1. The third-order valence-corrected chi connectivity index (χ3v) is 3.38. The normalized spacial score (nSPS) is 10.5. The van der Waals surface area contributed by atoms with Crippen LogP contribution in [0.3, 0.4) is 0 Å². The van der Waals surface area contributed by atoms with E-state index in [-0.39, 0.29) is 5.84 Å². The number of nitrogens with two attached hydrogens (primary N) is 1. The van der Waals surface area contributed by atoms with Crippen molar-refractivity contribution in [2.24, 2.45) is 5.73 Å². The van der Waals surface area contributed by atoms with Gasteiger partial charge in [0, 0.05) is 10.7 Å². The zero-order valence-electron chi connectivity index (χ0n) is 9.04. The van der Waals surface area contributed by atoms with E-state index in [1.807, 2.05) is 25.1 Å². The molecule has 2 aromatic rings. The monoisotopic (exact) mass is 312 g/mol. The Hall–Kier alpha value is -1.33. The maximum Gasteiger partial charge on any atom is 0.126 e. The fourth-order valence-corrected chi connectivity index (χ4v) is 2.23. The number of halogens is 2. The number of amidine groups is 1. The lowest BCUT2D eigenvalue weighted by atomic mass is 10.1. The summed E-state index contributed by atoms with van der Waals surface area (Å²) in [6.07, 6.45) is 1.70. The molecule has 0 aliphatic carbocycles. The predicted octanol–water partition coefficient (Wildman–Crippen LogP) is 2.88. The first-order valence-corrected chi connectivity index (χ1v) is 6.03. The third kappa shape index (κ3) is 2.21.